The predicted molar refractivity (Wildman–Crippen MR) is 63.7 cm³/mol. The minimum absolute atomic E-state index is 0.0782. The van der Waals surface area contributed by atoms with Crippen molar-refractivity contribution in [2.24, 2.45) is 11.7 Å². The first-order valence-electron chi connectivity index (χ1n) is 6.25. The number of rotatable bonds is 5. The Kier molecular flexibility index (Phi) is 5.58. The first-order valence-corrected chi connectivity index (χ1v) is 6.25. The minimum Gasteiger partial charge on any atom is -0.391 e. The lowest BCUT2D eigenvalue weighted by Gasteiger charge is -2.31. The lowest BCUT2D eigenvalue weighted by Crippen LogP contribution is -2.46. The van der Waals surface area contributed by atoms with Gasteiger partial charge in [-0.05, 0) is 38.3 Å². The van der Waals surface area contributed by atoms with Crippen LogP contribution in [0.5, 0.6) is 0 Å². The van der Waals surface area contributed by atoms with Gasteiger partial charge in [-0.15, -0.1) is 0 Å². The van der Waals surface area contributed by atoms with E-state index in [1.807, 2.05) is 0 Å². The highest BCUT2D eigenvalue weighted by Crippen LogP contribution is 2.12. The molecule has 3 nitrogen and oxygen atoms in total. The van der Waals surface area contributed by atoms with Crippen molar-refractivity contribution in [3.63, 3.8) is 0 Å². The van der Waals surface area contributed by atoms with Crippen LogP contribution in [0.2, 0.25) is 0 Å². The summed E-state index contributed by atoms with van der Waals surface area (Å²) >= 11 is 0. The summed E-state index contributed by atoms with van der Waals surface area (Å²) < 4.78 is 0. The van der Waals surface area contributed by atoms with Crippen molar-refractivity contribution in [2.45, 2.75) is 51.7 Å². The number of likely N-dealkylation sites (tertiary alicyclic amines) is 1. The zero-order valence-corrected chi connectivity index (χ0v) is 10.2. The molecule has 1 heterocycles. The molecular formula is C12H26N2O. The van der Waals surface area contributed by atoms with E-state index in [4.69, 9.17) is 5.73 Å². The first kappa shape index (κ1) is 12.9. The summed E-state index contributed by atoms with van der Waals surface area (Å²) in [5.41, 5.74) is 6.00. The molecule has 0 aromatic rings. The standard InChI is InChI=1S/C12H26N2O/c1-10(2)8-12(15)11(13)9-14-6-4-3-5-7-14/h10-12,15H,3-9,13H2,1-2H3. The Morgan fingerprint density at radius 2 is 1.80 bits per heavy atom. The van der Waals surface area contributed by atoms with E-state index >= 15 is 0 Å². The zero-order chi connectivity index (χ0) is 11.3. The van der Waals surface area contributed by atoms with Gasteiger partial charge in [0.25, 0.3) is 0 Å². The lowest BCUT2D eigenvalue weighted by atomic mass is 9.99. The van der Waals surface area contributed by atoms with Gasteiger partial charge in [-0.2, -0.15) is 0 Å². The average Bonchev–Trinajstić information content (AvgIpc) is 2.18. The van der Waals surface area contributed by atoms with Crippen molar-refractivity contribution in [2.75, 3.05) is 19.6 Å². The van der Waals surface area contributed by atoms with E-state index in [1.165, 1.54) is 19.3 Å². The fourth-order valence-corrected chi connectivity index (χ4v) is 2.22. The Labute approximate surface area is 93.6 Å². The van der Waals surface area contributed by atoms with Gasteiger partial charge in [-0.1, -0.05) is 20.3 Å². The smallest absolute Gasteiger partial charge is 0.0706 e. The van der Waals surface area contributed by atoms with Crippen LogP contribution < -0.4 is 5.73 Å². The maximum Gasteiger partial charge on any atom is 0.0706 e. The Hall–Kier alpha value is -0.120. The fourth-order valence-electron chi connectivity index (χ4n) is 2.22. The molecule has 0 aromatic heterocycles. The largest absolute Gasteiger partial charge is 0.391 e. The number of aliphatic hydroxyl groups is 1. The van der Waals surface area contributed by atoms with Crippen molar-refractivity contribution in [3.8, 4) is 0 Å². The van der Waals surface area contributed by atoms with Gasteiger partial charge in [-0.25, -0.2) is 0 Å². The third kappa shape index (κ3) is 4.96. The number of hydrogen-bond donors (Lipinski definition) is 2. The normalized spacial score (nSPS) is 23.0. The quantitative estimate of drug-likeness (QED) is 0.723. The maximum atomic E-state index is 9.87. The fraction of sp³-hybridized carbons (Fsp3) is 1.00. The minimum atomic E-state index is -0.341. The molecule has 3 heteroatoms. The topological polar surface area (TPSA) is 49.5 Å². The third-order valence-corrected chi connectivity index (χ3v) is 3.12. The molecule has 15 heavy (non-hydrogen) atoms. The van der Waals surface area contributed by atoms with Gasteiger partial charge in [0.2, 0.25) is 0 Å². The molecule has 2 atom stereocenters. The van der Waals surface area contributed by atoms with Crippen LogP contribution in [0, 0.1) is 5.92 Å². The summed E-state index contributed by atoms with van der Waals surface area (Å²) in [5, 5.41) is 9.87. The second kappa shape index (κ2) is 6.46. The summed E-state index contributed by atoms with van der Waals surface area (Å²) in [6, 6.07) is -0.0782. The summed E-state index contributed by atoms with van der Waals surface area (Å²) in [7, 11) is 0. The highest BCUT2D eigenvalue weighted by Gasteiger charge is 2.20. The highest BCUT2D eigenvalue weighted by atomic mass is 16.3. The number of aliphatic hydroxyl groups excluding tert-OH is 1. The van der Waals surface area contributed by atoms with Crippen molar-refractivity contribution >= 4 is 0 Å². The Balaban J connectivity index is 2.23. The van der Waals surface area contributed by atoms with Crippen molar-refractivity contribution in [3.05, 3.63) is 0 Å². The number of piperidine rings is 1. The molecule has 1 aliphatic heterocycles. The van der Waals surface area contributed by atoms with Gasteiger partial charge in [0.05, 0.1) is 6.10 Å². The van der Waals surface area contributed by atoms with E-state index in [0.29, 0.717) is 5.92 Å². The van der Waals surface area contributed by atoms with Crippen LogP contribution in [-0.2, 0) is 0 Å². The van der Waals surface area contributed by atoms with Gasteiger partial charge in [-0.3, -0.25) is 0 Å². The van der Waals surface area contributed by atoms with Gasteiger partial charge in [0.15, 0.2) is 0 Å². The zero-order valence-electron chi connectivity index (χ0n) is 10.2. The molecule has 2 unspecified atom stereocenters. The van der Waals surface area contributed by atoms with Gasteiger partial charge in [0.1, 0.15) is 0 Å². The Morgan fingerprint density at radius 3 is 2.33 bits per heavy atom. The van der Waals surface area contributed by atoms with Gasteiger partial charge < -0.3 is 15.7 Å². The van der Waals surface area contributed by atoms with E-state index in [0.717, 1.165) is 26.1 Å². The summed E-state index contributed by atoms with van der Waals surface area (Å²) in [6.07, 6.45) is 4.39. The van der Waals surface area contributed by atoms with Crippen LogP contribution in [-0.4, -0.2) is 41.8 Å². The maximum absolute atomic E-state index is 9.87. The molecule has 1 saturated heterocycles. The molecular weight excluding hydrogens is 188 g/mol. The van der Waals surface area contributed by atoms with E-state index < -0.39 is 0 Å². The monoisotopic (exact) mass is 214 g/mol. The predicted octanol–water partition coefficient (Wildman–Crippen LogP) is 1.21. The molecule has 0 radical (unpaired) electrons. The molecule has 0 aromatic carbocycles. The second-order valence-electron chi connectivity index (χ2n) is 5.22. The average molecular weight is 214 g/mol. The number of hydrogen-bond acceptors (Lipinski definition) is 3. The van der Waals surface area contributed by atoms with Crippen LogP contribution in [0.25, 0.3) is 0 Å². The molecule has 0 amide bonds. The van der Waals surface area contributed by atoms with Gasteiger partial charge >= 0.3 is 0 Å². The number of nitrogens with zero attached hydrogens (tertiary/aromatic N) is 1. The van der Waals surface area contributed by atoms with Crippen LogP contribution in [0.4, 0.5) is 0 Å². The van der Waals surface area contributed by atoms with E-state index in [-0.39, 0.29) is 12.1 Å². The van der Waals surface area contributed by atoms with Crippen LogP contribution in [0.1, 0.15) is 39.5 Å². The molecule has 1 aliphatic rings. The van der Waals surface area contributed by atoms with E-state index in [1.54, 1.807) is 0 Å². The molecule has 1 fully saturated rings. The van der Waals surface area contributed by atoms with Gasteiger partial charge in [0, 0.05) is 12.6 Å². The molecule has 0 aliphatic carbocycles. The second-order valence-corrected chi connectivity index (χ2v) is 5.22. The molecule has 90 valence electrons. The Morgan fingerprint density at radius 1 is 1.20 bits per heavy atom. The highest BCUT2D eigenvalue weighted by molar-refractivity contribution is 4.78. The summed E-state index contributed by atoms with van der Waals surface area (Å²) in [5.74, 6) is 0.521. The molecule has 3 N–H and O–H groups in total. The van der Waals surface area contributed by atoms with Crippen molar-refractivity contribution in [1.82, 2.24) is 4.90 Å². The van der Waals surface area contributed by atoms with E-state index in [9.17, 15) is 5.11 Å². The summed E-state index contributed by atoms with van der Waals surface area (Å²) in [6.45, 7) is 7.41. The van der Waals surface area contributed by atoms with Crippen molar-refractivity contribution in [1.29, 1.82) is 0 Å². The number of nitrogens with two attached hydrogens (primary N) is 1. The van der Waals surface area contributed by atoms with E-state index in [2.05, 4.69) is 18.7 Å². The van der Waals surface area contributed by atoms with Crippen LogP contribution in [0.15, 0.2) is 0 Å². The first-order chi connectivity index (χ1) is 7.09. The van der Waals surface area contributed by atoms with Crippen LogP contribution >= 0.6 is 0 Å². The molecule has 1 rings (SSSR count). The molecule has 0 spiro atoms. The molecule has 0 saturated carbocycles. The lowest BCUT2D eigenvalue weighted by molar-refractivity contribution is 0.0939. The third-order valence-electron chi connectivity index (χ3n) is 3.12. The summed E-state index contributed by atoms with van der Waals surface area (Å²) in [4.78, 5) is 2.39. The SMILES string of the molecule is CC(C)CC(O)C(N)CN1CCCCC1. The van der Waals surface area contributed by atoms with Crippen molar-refractivity contribution < 1.29 is 5.11 Å². The molecule has 0 bridgehead atoms. The Bertz CT molecular complexity index is 167. The van der Waals surface area contributed by atoms with Crippen LogP contribution in [0.3, 0.4) is 0 Å².